The van der Waals surface area contributed by atoms with Crippen LogP contribution in [0.2, 0.25) is 5.02 Å². The molecule has 1 saturated heterocycles. The summed E-state index contributed by atoms with van der Waals surface area (Å²) < 4.78 is 32.9. The van der Waals surface area contributed by atoms with E-state index in [0.29, 0.717) is 18.8 Å². The van der Waals surface area contributed by atoms with Gasteiger partial charge in [0.25, 0.3) is 0 Å². The van der Waals surface area contributed by atoms with E-state index in [9.17, 15) is 13.2 Å². The van der Waals surface area contributed by atoms with E-state index in [2.05, 4.69) is 15.9 Å². The van der Waals surface area contributed by atoms with Crippen LogP contribution >= 0.6 is 27.5 Å². The van der Waals surface area contributed by atoms with E-state index in [1.54, 1.807) is 24.3 Å². The van der Waals surface area contributed by atoms with E-state index in [1.807, 2.05) is 0 Å². The molecule has 0 atom stereocenters. The van der Waals surface area contributed by atoms with Gasteiger partial charge in [-0.1, -0.05) is 27.5 Å². The number of halogens is 2. The molecule has 0 unspecified atom stereocenters. The number of carbonyl (C=O) groups is 1. The number of hydrogen-bond acceptors (Lipinski definition) is 4. The van der Waals surface area contributed by atoms with Gasteiger partial charge in [-0.2, -0.15) is 4.31 Å². The van der Waals surface area contributed by atoms with Gasteiger partial charge in [0.1, 0.15) is 10.6 Å². The summed E-state index contributed by atoms with van der Waals surface area (Å²) in [5, 5.41) is 0.0899. The molecular formula is C17H15BrClNO4S. The highest BCUT2D eigenvalue weighted by molar-refractivity contribution is 9.10. The Morgan fingerprint density at radius 2 is 1.72 bits per heavy atom. The normalized spacial score (nSPS) is 15.3. The van der Waals surface area contributed by atoms with Gasteiger partial charge in [-0.25, -0.2) is 13.2 Å². The lowest BCUT2D eigenvalue weighted by molar-refractivity contribution is 0.0734. The van der Waals surface area contributed by atoms with Crippen molar-refractivity contribution in [1.29, 1.82) is 0 Å². The molecular weight excluding hydrogens is 430 g/mol. The first-order chi connectivity index (χ1) is 11.9. The lowest BCUT2D eigenvalue weighted by Crippen LogP contribution is -2.28. The molecule has 25 heavy (non-hydrogen) atoms. The standard InChI is InChI=1S/C17H15BrClNO4S/c18-13-4-6-14(7-5-13)24-17(21)12-3-8-15(19)16(11-12)25(22,23)20-9-1-2-10-20/h3-8,11H,1-2,9-10H2. The Balaban J connectivity index is 1.88. The van der Waals surface area contributed by atoms with Gasteiger partial charge in [-0.3, -0.25) is 0 Å². The summed E-state index contributed by atoms with van der Waals surface area (Å²) in [6, 6.07) is 10.9. The van der Waals surface area contributed by atoms with Gasteiger partial charge in [-0.15, -0.1) is 0 Å². The van der Waals surface area contributed by atoms with Crippen molar-refractivity contribution in [2.24, 2.45) is 0 Å². The largest absolute Gasteiger partial charge is 0.423 e. The molecule has 0 radical (unpaired) electrons. The van der Waals surface area contributed by atoms with Crippen molar-refractivity contribution >= 4 is 43.5 Å². The molecule has 132 valence electrons. The van der Waals surface area contributed by atoms with Crippen LogP contribution in [0.1, 0.15) is 23.2 Å². The van der Waals surface area contributed by atoms with Crippen molar-refractivity contribution in [2.75, 3.05) is 13.1 Å². The van der Waals surface area contributed by atoms with E-state index in [0.717, 1.165) is 17.3 Å². The third-order valence-electron chi connectivity index (χ3n) is 3.87. The molecule has 5 nitrogen and oxygen atoms in total. The number of hydrogen-bond donors (Lipinski definition) is 0. The highest BCUT2D eigenvalue weighted by Gasteiger charge is 2.30. The molecule has 1 fully saturated rings. The second-order valence-electron chi connectivity index (χ2n) is 5.60. The van der Waals surface area contributed by atoms with Crippen molar-refractivity contribution in [2.45, 2.75) is 17.7 Å². The van der Waals surface area contributed by atoms with Crippen molar-refractivity contribution in [3.63, 3.8) is 0 Å². The fourth-order valence-corrected chi connectivity index (χ4v) is 4.85. The Morgan fingerprint density at radius 1 is 1.08 bits per heavy atom. The number of nitrogens with zero attached hydrogens (tertiary/aromatic N) is 1. The predicted octanol–water partition coefficient (Wildman–Crippen LogP) is 4.11. The zero-order valence-electron chi connectivity index (χ0n) is 13.1. The quantitative estimate of drug-likeness (QED) is 0.526. The van der Waals surface area contributed by atoms with Gasteiger partial charge >= 0.3 is 5.97 Å². The second-order valence-corrected chi connectivity index (χ2v) is 8.83. The van der Waals surface area contributed by atoms with Crippen molar-refractivity contribution in [3.8, 4) is 5.75 Å². The number of rotatable bonds is 4. The number of esters is 1. The first-order valence-electron chi connectivity index (χ1n) is 7.65. The number of carbonyl (C=O) groups excluding carboxylic acids is 1. The van der Waals surface area contributed by atoms with Gasteiger partial charge < -0.3 is 4.74 Å². The highest BCUT2D eigenvalue weighted by atomic mass is 79.9. The van der Waals surface area contributed by atoms with Crippen LogP contribution in [0.15, 0.2) is 51.8 Å². The summed E-state index contributed by atoms with van der Waals surface area (Å²) in [5.41, 5.74) is 0.130. The van der Waals surface area contributed by atoms with Crippen molar-refractivity contribution in [3.05, 3.63) is 57.5 Å². The summed E-state index contributed by atoms with van der Waals surface area (Å²) >= 11 is 9.38. The topological polar surface area (TPSA) is 63.7 Å². The summed E-state index contributed by atoms with van der Waals surface area (Å²) in [6.07, 6.45) is 1.64. The summed E-state index contributed by atoms with van der Waals surface area (Å²) in [4.78, 5) is 12.3. The average Bonchev–Trinajstić information content (AvgIpc) is 3.12. The fraction of sp³-hybridized carbons (Fsp3) is 0.235. The first kappa shape index (κ1) is 18.4. The molecule has 0 saturated carbocycles. The van der Waals surface area contributed by atoms with E-state index in [4.69, 9.17) is 16.3 Å². The molecule has 1 heterocycles. The first-order valence-corrected chi connectivity index (χ1v) is 10.3. The van der Waals surface area contributed by atoms with Gasteiger partial charge in [0.05, 0.1) is 10.6 Å². The molecule has 1 aliphatic rings. The molecule has 3 rings (SSSR count). The molecule has 0 bridgehead atoms. The number of ether oxygens (including phenoxy) is 1. The molecule has 1 aliphatic heterocycles. The van der Waals surface area contributed by atoms with E-state index in [-0.39, 0.29) is 15.5 Å². The van der Waals surface area contributed by atoms with Crippen LogP contribution in [0.3, 0.4) is 0 Å². The van der Waals surface area contributed by atoms with Crippen LogP contribution in [-0.4, -0.2) is 31.8 Å². The summed E-state index contributed by atoms with van der Waals surface area (Å²) in [5.74, 6) is -0.274. The van der Waals surface area contributed by atoms with Crippen molar-refractivity contribution < 1.29 is 17.9 Å². The molecule has 2 aromatic rings. The number of benzene rings is 2. The molecule has 0 amide bonds. The molecule has 8 heteroatoms. The molecule has 0 N–H and O–H groups in total. The maximum absolute atomic E-state index is 12.7. The maximum Gasteiger partial charge on any atom is 0.343 e. The highest BCUT2D eigenvalue weighted by Crippen LogP contribution is 2.28. The Labute approximate surface area is 159 Å². The molecule has 0 aromatic heterocycles. The third-order valence-corrected chi connectivity index (χ3v) is 6.78. The summed E-state index contributed by atoms with van der Waals surface area (Å²) in [6.45, 7) is 0.929. The SMILES string of the molecule is O=C(Oc1ccc(Br)cc1)c1ccc(Cl)c(S(=O)(=O)N2CCCC2)c1. The zero-order valence-corrected chi connectivity index (χ0v) is 16.3. The van der Waals surface area contributed by atoms with Crippen LogP contribution in [0.4, 0.5) is 0 Å². The molecule has 0 aliphatic carbocycles. The minimum Gasteiger partial charge on any atom is -0.423 e. The Bertz CT molecular complexity index is 893. The van der Waals surface area contributed by atoms with Crippen molar-refractivity contribution in [1.82, 2.24) is 4.31 Å². The van der Waals surface area contributed by atoms with Crippen LogP contribution < -0.4 is 4.74 Å². The zero-order chi connectivity index (χ0) is 18.0. The lowest BCUT2D eigenvalue weighted by Gasteiger charge is -2.17. The minimum atomic E-state index is -3.72. The van der Waals surface area contributed by atoms with Crippen LogP contribution in [0, 0.1) is 0 Å². The van der Waals surface area contributed by atoms with Gasteiger partial charge in [-0.05, 0) is 55.3 Å². The Morgan fingerprint density at radius 3 is 2.36 bits per heavy atom. The summed E-state index contributed by atoms with van der Waals surface area (Å²) in [7, 11) is -3.72. The maximum atomic E-state index is 12.7. The Kier molecular flexibility index (Phi) is 5.48. The predicted molar refractivity (Wildman–Crippen MR) is 98.5 cm³/mol. The minimum absolute atomic E-state index is 0.0682. The van der Waals surface area contributed by atoms with E-state index >= 15 is 0 Å². The third kappa shape index (κ3) is 4.06. The smallest absolute Gasteiger partial charge is 0.343 e. The average molecular weight is 445 g/mol. The van der Waals surface area contributed by atoms with Crippen LogP contribution in [0.5, 0.6) is 5.75 Å². The van der Waals surface area contributed by atoms with Crippen LogP contribution in [0.25, 0.3) is 0 Å². The second kappa shape index (κ2) is 7.45. The van der Waals surface area contributed by atoms with E-state index in [1.165, 1.54) is 22.5 Å². The van der Waals surface area contributed by atoms with Gasteiger partial charge in [0.15, 0.2) is 0 Å². The van der Waals surface area contributed by atoms with E-state index < -0.39 is 16.0 Å². The fourth-order valence-electron chi connectivity index (χ4n) is 2.56. The molecule has 0 spiro atoms. The van der Waals surface area contributed by atoms with Gasteiger partial charge in [0, 0.05) is 17.6 Å². The Hall–Kier alpha value is -1.41. The van der Waals surface area contributed by atoms with Crippen LogP contribution in [-0.2, 0) is 10.0 Å². The monoisotopic (exact) mass is 443 g/mol. The number of sulfonamides is 1. The lowest BCUT2D eigenvalue weighted by atomic mass is 10.2. The van der Waals surface area contributed by atoms with Gasteiger partial charge in [0.2, 0.25) is 10.0 Å². The molecule has 2 aromatic carbocycles.